The number of ether oxygens (including phenoxy) is 3. The first kappa shape index (κ1) is 62.5. The summed E-state index contributed by atoms with van der Waals surface area (Å²) in [6.07, 6.45) is 63.3. The summed E-state index contributed by atoms with van der Waals surface area (Å²) in [5.41, 5.74) is 0. The van der Waals surface area contributed by atoms with E-state index in [0.29, 0.717) is 12.8 Å². The number of rotatable bonds is 47. The Kier molecular flexibility index (Phi) is 45.4. The number of unbranched alkanes of at least 4 members (excludes halogenated alkanes) is 19. The Hall–Kier alpha value is -3.49. The van der Waals surface area contributed by atoms with Crippen LogP contribution in [0, 0.1) is 0 Å². The van der Waals surface area contributed by atoms with E-state index in [0.717, 1.165) is 96.3 Å². The van der Waals surface area contributed by atoms with Gasteiger partial charge in [-0.25, -0.2) is 0 Å². The molecule has 0 aromatic carbocycles. The molecule has 0 aliphatic rings. The lowest BCUT2D eigenvalue weighted by molar-refractivity contribution is -0.889. The quantitative estimate of drug-likeness (QED) is 0.0259. The fraction of sp³-hybridized carbons (Fsp3) is 0.707. The number of nitrogens with zero attached hydrogens (tertiary/aromatic N) is 1. The van der Waals surface area contributed by atoms with Gasteiger partial charge in [-0.05, 0) is 83.5 Å². The van der Waals surface area contributed by atoms with Gasteiger partial charge in [-0.2, -0.15) is 0 Å². The lowest BCUT2D eigenvalue weighted by atomic mass is 10.0. The van der Waals surface area contributed by atoms with Crippen LogP contribution in [0.15, 0.2) is 85.1 Å². The number of esters is 2. The monoisotopic (exact) mass is 922 g/mol. The van der Waals surface area contributed by atoms with Gasteiger partial charge in [0.2, 0.25) is 0 Å². The molecule has 8 nitrogen and oxygen atoms in total. The van der Waals surface area contributed by atoms with Crippen molar-refractivity contribution in [1.29, 1.82) is 0 Å². The van der Waals surface area contributed by atoms with Gasteiger partial charge in [0.25, 0.3) is 0 Å². The summed E-state index contributed by atoms with van der Waals surface area (Å²) in [5, 5.41) is 11.7. The summed E-state index contributed by atoms with van der Waals surface area (Å²) < 4.78 is 17.3. The van der Waals surface area contributed by atoms with Crippen LogP contribution < -0.4 is 5.11 Å². The second-order valence-corrected chi connectivity index (χ2v) is 18.7. The minimum atomic E-state index is -1.13. The highest BCUT2D eigenvalue weighted by molar-refractivity contribution is 5.70. The molecule has 0 aliphatic heterocycles. The zero-order valence-electron chi connectivity index (χ0n) is 43.1. The van der Waals surface area contributed by atoms with E-state index in [9.17, 15) is 19.5 Å². The zero-order chi connectivity index (χ0) is 48.4. The van der Waals surface area contributed by atoms with E-state index in [4.69, 9.17) is 14.2 Å². The molecular formula is C58H99NO7. The molecule has 0 aliphatic carbocycles. The highest BCUT2D eigenvalue weighted by Crippen LogP contribution is 2.15. The molecule has 2 unspecified atom stereocenters. The summed E-state index contributed by atoms with van der Waals surface area (Å²) in [6, 6.07) is -0.733. The topological polar surface area (TPSA) is 102 Å². The fourth-order valence-electron chi connectivity index (χ4n) is 7.49. The number of allylic oxidation sites excluding steroid dienone is 14. The maximum absolute atomic E-state index is 12.8. The van der Waals surface area contributed by atoms with Crippen molar-refractivity contribution in [3.05, 3.63) is 85.1 Å². The van der Waals surface area contributed by atoms with E-state index in [1.807, 2.05) is 0 Å². The average molecular weight is 922 g/mol. The van der Waals surface area contributed by atoms with Gasteiger partial charge in [0.15, 0.2) is 6.10 Å². The van der Waals surface area contributed by atoms with Crippen molar-refractivity contribution >= 4 is 17.9 Å². The Labute approximate surface area is 405 Å². The molecule has 0 heterocycles. The van der Waals surface area contributed by atoms with Crippen LogP contribution in [-0.2, 0) is 28.6 Å². The van der Waals surface area contributed by atoms with Gasteiger partial charge in [0.1, 0.15) is 12.6 Å². The van der Waals surface area contributed by atoms with Crippen molar-refractivity contribution in [3.8, 4) is 0 Å². The number of hydrogen-bond donors (Lipinski definition) is 0. The predicted molar refractivity (Wildman–Crippen MR) is 277 cm³/mol. The standard InChI is InChI=1S/C58H99NO7/c1-6-8-10-12-14-16-18-20-22-24-26-27-28-29-31-33-35-37-39-41-43-45-47-49-57(61)66-54(52-64-51-50-55(58(62)63)59(3,4)5)53-65-56(60)48-46-44-42-40-38-36-34-32-30-25-23-21-19-17-15-13-11-9-7-2/h8-11,14-17,20-23,30,32,54-55H,6-7,12-13,18-19,24-29,31,33-53H2,1-5H3/b10-8+,11-9+,16-14+,17-15+,22-20+,23-21+,32-30+. The maximum Gasteiger partial charge on any atom is 0.306 e. The van der Waals surface area contributed by atoms with Gasteiger partial charge in [-0.15, -0.1) is 0 Å². The van der Waals surface area contributed by atoms with Gasteiger partial charge in [0.05, 0.1) is 40.3 Å². The van der Waals surface area contributed by atoms with Crippen LogP contribution in [0.1, 0.15) is 213 Å². The molecule has 0 fully saturated rings. The molecular weight excluding hydrogens is 823 g/mol. The highest BCUT2D eigenvalue weighted by atomic mass is 16.6. The Morgan fingerprint density at radius 1 is 0.455 bits per heavy atom. The van der Waals surface area contributed by atoms with Gasteiger partial charge < -0.3 is 28.6 Å². The van der Waals surface area contributed by atoms with Gasteiger partial charge >= 0.3 is 11.9 Å². The third-order valence-electron chi connectivity index (χ3n) is 11.5. The summed E-state index contributed by atoms with van der Waals surface area (Å²) >= 11 is 0. The minimum absolute atomic E-state index is 0.0323. The normalized spacial score (nSPS) is 13.5. The molecule has 0 amide bonds. The van der Waals surface area contributed by atoms with Crippen molar-refractivity contribution in [3.63, 3.8) is 0 Å². The number of carboxylic acid groups (broad SMARTS) is 1. The van der Waals surface area contributed by atoms with Gasteiger partial charge in [-0.3, -0.25) is 9.59 Å². The van der Waals surface area contributed by atoms with Crippen LogP contribution >= 0.6 is 0 Å². The van der Waals surface area contributed by atoms with E-state index in [1.54, 1.807) is 21.1 Å². The predicted octanol–water partition coefficient (Wildman–Crippen LogP) is 14.3. The molecule has 0 bridgehead atoms. The van der Waals surface area contributed by atoms with E-state index >= 15 is 0 Å². The summed E-state index contributed by atoms with van der Waals surface area (Å²) in [4.78, 5) is 37.1. The van der Waals surface area contributed by atoms with Crippen molar-refractivity contribution in [2.24, 2.45) is 0 Å². The smallest absolute Gasteiger partial charge is 0.306 e. The second kappa shape index (κ2) is 48.0. The fourth-order valence-corrected chi connectivity index (χ4v) is 7.49. The molecule has 378 valence electrons. The molecule has 2 atom stereocenters. The molecule has 8 heteroatoms. The van der Waals surface area contributed by atoms with Crippen molar-refractivity contribution < 1.29 is 38.2 Å². The third-order valence-corrected chi connectivity index (χ3v) is 11.5. The number of carboxylic acids is 1. The Bertz CT molecular complexity index is 1350. The lowest BCUT2D eigenvalue weighted by Crippen LogP contribution is -2.55. The van der Waals surface area contributed by atoms with Crippen LogP contribution in [0.5, 0.6) is 0 Å². The summed E-state index contributed by atoms with van der Waals surface area (Å²) in [7, 11) is 5.41. The number of quaternary nitrogens is 1. The Morgan fingerprint density at radius 3 is 1.18 bits per heavy atom. The molecule has 0 rings (SSSR count). The first-order valence-corrected chi connectivity index (χ1v) is 26.6. The minimum Gasteiger partial charge on any atom is -0.544 e. The van der Waals surface area contributed by atoms with Crippen LogP contribution in [-0.4, -0.2) is 75.5 Å². The first-order chi connectivity index (χ1) is 32.1. The molecule has 0 saturated carbocycles. The van der Waals surface area contributed by atoms with E-state index in [1.165, 1.54) is 83.5 Å². The molecule has 66 heavy (non-hydrogen) atoms. The second-order valence-electron chi connectivity index (χ2n) is 18.7. The number of carbonyl (C=O) groups excluding carboxylic acids is 3. The molecule has 0 radical (unpaired) electrons. The van der Waals surface area contributed by atoms with Crippen molar-refractivity contribution in [2.75, 3.05) is 41.0 Å². The molecule has 0 spiro atoms. The third kappa shape index (κ3) is 45.7. The van der Waals surface area contributed by atoms with Crippen LogP contribution in [0.3, 0.4) is 0 Å². The largest absolute Gasteiger partial charge is 0.544 e. The lowest BCUT2D eigenvalue weighted by Gasteiger charge is -2.34. The average Bonchev–Trinajstić information content (AvgIpc) is 3.28. The highest BCUT2D eigenvalue weighted by Gasteiger charge is 2.25. The SMILES string of the molecule is CC/C=C/C/C=C/C/C=C/C/C=C/CCCCCCCCC(=O)OCC(COCCC(C(=O)[O-])[N+](C)(C)C)OC(=O)CCCCCCCCCCCCCCC/C=C/C/C=C/C/C=C/CC. The van der Waals surface area contributed by atoms with Crippen molar-refractivity contribution in [2.45, 2.75) is 225 Å². The molecule has 0 saturated heterocycles. The number of likely N-dealkylation sites (N-methyl/N-ethyl adjacent to an activating group) is 1. The maximum atomic E-state index is 12.8. The van der Waals surface area contributed by atoms with E-state index < -0.39 is 18.1 Å². The number of aliphatic carboxylic acids is 1. The van der Waals surface area contributed by atoms with E-state index in [-0.39, 0.29) is 42.7 Å². The van der Waals surface area contributed by atoms with Crippen LogP contribution in [0.25, 0.3) is 0 Å². The Morgan fingerprint density at radius 2 is 0.803 bits per heavy atom. The summed E-state index contributed by atoms with van der Waals surface area (Å²) in [6.45, 7) is 4.44. The number of hydrogen-bond acceptors (Lipinski definition) is 7. The first-order valence-electron chi connectivity index (χ1n) is 26.6. The van der Waals surface area contributed by atoms with Crippen LogP contribution in [0.2, 0.25) is 0 Å². The summed E-state index contributed by atoms with van der Waals surface area (Å²) in [5.74, 6) is -1.76. The van der Waals surface area contributed by atoms with Crippen molar-refractivity contribution in [1.82, 2.24) is 0 Å². The Balaban J connectivity index is 4.24. The van der Waals surface area contributed by atoms with Gasteiger partial charge in [0, 0.05) is 19.3 Å². The molecule has 0 N–H and O–H groups in total. The zero-order valence-corrected chi connectivity index (χ0v) is 43.1. The number of carbonyl (C=O) groups is 3. The molecule has 0 aromatic heterocycles. The molecule has 0 aromatic rings. The van der Waals surface area contributed by atoms with E-state index in [2.05, 4.69) is 98.9 Å². The van der Waals surface area contributed by atoms with Gasteiger partial charge in [-0.1, -0.05) is 195 Å². The van der Waals surface area contributed by atoms with Crippen LogP contribution in [0.4, 0.5) is 0 Å².